The van der Waals surface area contributed by atoms with E-state index in [2.05, 4.69) is 0 Å². The Balaban J connectivity index is -0.00000000750. The van der Waals surface area contributed by atoms with E-state index in [0.29, 0.717) is 0 Å². The molecular formula is CH3BrK2O3. The van der Waals surface area contributed by atoms with Gasteiger partial charge < -0.3 is 28.6 Å². The summed E-state index contributed by atoms with van der Waals surface area (Å²) < 4.78 is 0. The summed E-state index contributed by atoms with van der Waals surface area (Å²) in [6.07, 6.45) is -1.83. The van der Waals surface area contributed by atoms with E-state index < -0.39 is 6.16 Å². The average Bonchev–Trinajstić information content (AvgIpc) is 0.811. The van der Waals surface area contributed by atoms with Gasteiger partial charge in [-0.25, -0.2) is 4.79 Å². The third-order valence-electron chi connectivity index (χ3n) is 0. The van der Waals surface area contributed by atoms with Crippen LogP contribution in [0.2, 0.25) is 0 Å². The molecule has 0 bridgehead atoms. The second kappa shape index (κ2) is 16.0. The van der Waals surface area contributed by atoms with Crippen molar-refractivity contribution in [2.24, 2.45) is 0 Å². The van der Waals surface area contributed by atoms with E-state index >= 15 is 0 Å². The Labute approximate surface area is 138 Å². The van der Waals surface area contributed by atoms with Crippen LogP contribution in [0.1, 0.15) is 1.43 Å². The third kappa shape index (κ3) is 48.7. The van der Waals surface area contributed by atoms with Crippen LogP contribution < -0.4 is 120 Å². The molecule has 0 aromatic carbocycles. The van der Waals surface area contributed by atoms with Gasteiger partial charge in [0.1, 0.15) is 0 Å². The minimum absolute atomic E-state index is 0. The molecule has 0 rings (SSSR count). The maximum Gasteiger partial charge on any atom is 1.00 e. The molecule has 0 spiro atoms. The van der Waals surface area contributed by atoms with Gasteiger partial charge in [-0.2, -0.15) is 0 Å². The molecule has 7 heavy (non-hydrogen) atoms. The smallest absolute Gasteiger partial charge is 1.00 e. The van der Waals surface area contributed by atoms with Crippen LogP contribution in [-0.4, -0.2) is 16.4 Å². The summed E-state index contributed by atoms with van der Waals surface area (Å²) in [5, 5.41) is 13.9. The molecule has 0 saturated heterocycles. The first-order valence-corrected chi connectivity index (χ1v) is 0.651. The first-order chi connectivity index (χ1) is 1.73. The Hall–Kier alpha value is 3.02. The summed E-state index contributed by atoms with van der Waals surface area (Å²) in [6, 6.07) is 0. The van der Waals surface area contributed by atoms with Crippen molar-refractivity contribution in [2.45, 2.75) is 0 Å². The van der Waals surface area contributed by atoms with Crippen molar-refractivity contribution in [3.05, 3.63) is 0 Å². The van der Waals surface area contributed by atoms with Crippen LogP contribution in [0.3, 0.4) is 0 Å². The fraction of sp³-hybridized carbons (Fsp3) is 0. The van der Waals surface area contributed by atoms with Crippen LogP contribution in [0.15, 0.2) is 0 Å². The molecule has 0 atom stereocenters. The molecule has 0 aliphatic heterocycles. The largest absolute Gasteiger partial charge is 1.00 e. The Morgan fingerprint density at radius 2 is 1.29 bits per heavy atom. The van der Waals surface area contributed by atoms with Crippen molar-refractivity contribution in [3.63, 3.8) is 0 Å². The Bertz CT molecular complexity index is 40.3. The molecule has 3 nitrogen and oxygen atoms in total. The zero-order valence-electron chi connectivity index (χ0n) is 5.18. The first-order valence-electron chi connectivity index (χ1n) is 0.651. The van der Waals surface area contributed by atoms with Gasteiger partial charge in [0.2, 0.25) is 0 Å². The van der Waals surface area contributed by atoms with E-state index in [9.17, 15) is 0 Å². The van der Waals surface area contributed by atoms with Gasteiger partial charge in [0.05, 0.1) is 0 Å². The van der Waals surface area contributed by atoms with Gasteiger partial charge in [-0.05, 0) is 0 Å². The van der Waals surface area contributed by atoms with Crippen LogP contribution in [0.5, 0.6) is 0 Å². The minimum atomic E-state index is -1.83. The van der Waals surface area contributed by atoms with E-state index in [1.165, 1.54) is 0 Å². The fourth-order valence-corrected chi connectivity index (χ4v) is 0. The van der Waals surface area contributed by atoms with Gasteiger partial charge in [0.15, 0.2) is 0 Å². The van der Waals surface area contributed by atoms with Crippen molar-refractivity contribution in [2.75, 3.05) is 0 Å². The molecular weight excluding hydrogens is 218 g/mol. The number of halogens is 1. The second-order valence-electron chi connectivity index (χ2n) is 0.283. The van der Waals surface area contributed by atoms with E-state index in [1.54, 1.807) is 0 Å². The molecule has 0 aromatic rings. The van der Waals surface area contributed by atoms with Gasteiger partial charge in [-0.3, -0.25) is 0 Å². The summed E-state index contributed by atoms with van der Waals surface area (Å²) in [6.45, 7) is 0. The van der Waals surface area contributed by atoms with Crippen molar-refractivity contribution in [3.8, 4) is 0 Å². The molecule has 34 valence electrons. The van der Waals surface area contributed by atoms with Crippen LogP contribution in [0.25, 0.3) is 0 Å². The molecule has 6 heteroatoms. The van der Waals surface area contributed by atoms with E-state index in [4.69, 9.17) is 15.0 Å². The van der Waals surface area contributed by atoms with Gasteiger partial charge in [-0.15, -0.1) is 0 Å². The SMILES string of the molecule is O=C(O)O.[Br-].[H-].[K+].[K+]. The van der Waals surface area contributed by atoms with E-state index in [-0.39, 0.29) is 121 Å². The van der Waals surface area contributed by atoms with Crippen molar-refractivity contribution < 1.29 is 136 Å². The Morgan fingerprint density at radius 1 is 1.29 bits per heavy atom. The molecule has 0 fully saturated rings. The number of hydrogen-bond donors (Lipinski definition) is 2. The van der Waals surface area contributed by atoms with Gasteiger partial charge in [0, 0.05) is 0 Å². The van der Waals surface area contributed by atoms with Crippen LogP contribution in [0.4, 0.5) is 4.79 Å². The quantitative estimate of drug-likeness (QED) is 0.399. The van der Waals surface area contributed by atoms with Crippen molar-refractivity contribution in [1.29, 1.82) is 0 Å². The predicted octanol–water partition coefficient (Wildman–Crippen LogP) is -8.65. The average molecular weight is 221 g/mol. The predicted molar refractivity (Wildman–Crippen MR) is 11.8 cm³/mol. The summed E-state index contributed by atoms with van der Waals surface area (Å²) in [4.78, 5) is 8.56. The summed E-state index contributed by atoms with van der Waals surface area (Å²) in [5.74, 6) is 0. The van der Waals surface area contributed by atoms with Crippen molar-refractivity contribution in [1.82, 2.24) is 0 Å². The van der Waals surface area contributed by atoms with Crippen LogP contribution in [0, 0.1) is 0 Å². The van der Waals surface area contributed by atoms with Crippen molar-refractivity contribution >= 4 is 6.16 Å². The monoisotopic (exact) mass is 220 g/mol. The van der Waals surface area contributed by atoms with Gasteiger partial charge in [-0.1, -0.05) is 0 Å². The molecule has 0 heterocycles. The topological polar surface area (TPSA) is 57.5 Å². The molecule has 2 N–H and O–H groups in total. The molecule has 0 aliphatic rings. The summed E-state index contributed by atoms with van der Waals surface area (Å²) in [5.41, 5.74) is 0. The molecule has 0 aromatic heterocycles. The molecule has 0 saturated carbocycles. The summed E-state index contributed by atoms with van der Waals surface area (Å²) in [7, 11) is 0. The van der Waals surface area contributed by atoms with E-state index in [1.807, 2.05) is 0 Å². The maximum atomic E-state index is 8.56. The first kappa shape index (κ1) is 22.5. The number of carbonyl (C=O) groups is 1. The zero-order valence-corrected chi connectivity index (χ0v) is 12.0. The fourth-order valence-electron chi connectivity index (χ4n) is 0. The Kier molecular flexibility index (Phi) is 51.4. The van der Waals surface area contributed by atoms with Gasteiger partial charge in [0.25, 0.3) is 0 Å². The second-order valence-corrected chi connectivity index (χ2v) is 0.283. The number of carboxylic acid groups (broad SMARTS) is 2. The van der Waals surface area contributed by atoms with Crippen LogP contribution in [-0.2, 0) is 0 Å². The van der Waals surface area contributed by atoms with E-state index in [0.717, 1.165) is 0 Å². The normalized spacial score (nSPS) is 3.43. The number of hydrogen-bond acceptors (Lipinski definition) is 1. The third-order valence-corrected chi connectivity index (χ3v) is 0. The molecule has 0 radical (unpaired) electrons. The Morgan fingerprint density at radius 3 is 1.29 bits per heavy atom. The molecule has 0 aliphatic carbocycles. The molecule has 0 amide bonds. The standard InChI is InChI=1S/CH2O3.BrH.2K.H/c2-1(3)4;;;;/h(H2,2,3,4);1H;;;/q;;2*+1;-1/p-1. The van der Waals surface area contributed by atoms with Gasteiger partial charge >= 0.3 is 109 Å². The maximum absolute atomic E-state index is 8.56. The van der Waals surface area contributed by atoms with Crippen LogP contribution >= 0.6 is 0 Å². The number of rotatable bonds is 0. The summed E-state index contributed by atoms with van der Waals surface area (Å²) >= 11 is 0. The zero-order chi connectivity index (χ0) is 3.58. The molecule has 0 unspecified atom stereocenters. The minimum Gasteiger partial charge on any atom is -1.00 e.